The number of likely N-dealkylation sites (N-methyl/N-ethyl adjacent to an activating group) is 1. The van der Waals surface area contributed by atoms with Gasteiger partial charge in [-0.15, -0.1) is 0 Å². The van der Waals surface area contributed by atoms with Gasteiger partial charge in [-0.25, -0.2) is 9.97 Å². The highest BCUT2D eigenvalue weighted by atomic mass is 35.5. The topological polar surface area (TPSA) is 123 Å². The number of aliphatic hydroxyl groups is 1. The lowest BCUT2D eigenvalue weighted by atomic mass is 9.61. The van der Waals surface area contributed by atoms with Crippen molar-refractivity contribution in [2.75, 3.05) is 45.3 Å². The third-order valence-corrected chi connectivity index (χ3v) is 7.50. The van der Waals surface area contributed by atoms with Gasteiger partial charge in [-0.1, -0.05) is 11.6 Å². The number of carbonyl (C=O) groups is 1. The molecule has 2 aromatic rings. The van der Waals surface area contributed by atoms with Crippen LogP contribution in [0.1, 0.15) is 37.9 Å². The molecule has 200 valence electrons. The fraction of sp³-hybridized carbons (Fsp3) is 0.519. The van der Waals surface area contributed by atoms with Crippen molar-refractivity contribution in [3.05, 3.63) is 40.2 Å². The molecular formula is C27H36ClN5O4. The first kappa shape index (κ1) is 27.3. The molecule has 0 amide bonds. The summed E-state index contributed by atoms with van der Waals surface area (Å²) in [5.41, 5.74) is 9.04. The van der Waals surface area contributed by atoms with E-state index in [2.05, 4.69) is 10.2 Å². The molecule has 1 aliphatic heterocycles. The molecule has 1 atom stereocenters. The van der Waals surface area contributed by atoms with Gasteiger partial charge in [0.2, 0.25) is 0 Å². The Hall–Kier alpha value is -2.72. The summed E-state index contributed by atoms with van der Waals surface area (Å²) in [5.74, 6) is 1.51. The standard InChI is InChI=1S/C27H36ClN5O4/c1-15-24(23(16(2)29)17(3)34)31-25(32-26(15)33-13-27(14-33)9-20(10-27)36-5)21-8-19(6-7-22(21)28)37-12-18(35)11-30-4/h6-8,18,20,30,35H,9-14,29H2,1-5H3/t18-/m1/s1. The van der Waals surface area contributed by atoms with Gasteiger partial charge in [-0.2, -0.15) is 0 Å². The maximum absolute atomic E-state index is 12.6. The number of aliphatic hydroxyl groups excluding tert-OH is 1. The Morgan fingerprint density at radius 2 is 2.03 bits per heavy atom. The molecule has 2 heterocycles. The van der Waals surface area contributed by atoms with Gasteiger partial charge in [0, 0.05) is 49.0 Å². The molecule has 0 radical (unpaired) electrons. The van der Waals surface area contributed by atoms with E-state index in [-0.39, 0.29) is 17.8 Å². The number of hydrogen-bond acceptors (Lipinski definition) is 9. The number of ether oxygens (including phenoxy) is 2. The van der Waals surface area contributed by atoms with Crippen molar-refractivity contribution in [3.63, 3.8) is 0 Å². The number of halogens is 1. The monoisotopic (exact) mass is 529 g/mol. The number of carbonyl (C=O) groups excluding carboxylic acids is 1. The Bertz CT molecular complexity index is 1200. The number of nitrogens with zero attached hydrogens (tertiary/aromatic N) is 3. The second-order valence-electron chi connectivity index (χ2n) is 10.2. The van der Waals surface area contributed by atoms with Crippen LogP contribution in [-0.4, -0.2) is 73.5 Å². The van der Waals surface area contributed by atoms with Crippen molar-refractivity contribution in [1.29, 1.82) is 0 Å². The Morgan fingerprint density at radius 3 is 2.62 bits per heavy atom. The normalized spacial score (nSPS) is 18.2. The van der Waals surface area contributed by atoms with Crippen molar-refractivity contribution in [3.8, 4) is 17.1 Å². The number of nitrogens with two attached hydrogens (primary N) is 1. The molecule has 1 saturated carbocycles. The van der Waals surface area contributed by atoms with Crippen LogP contribution in [-0.2, 0) is 9.53 Å². The first-order chi connectivity index (χ1) is 17.6. The summed E-state index contributed by atoms with van der Waals surface area (Å²) in [6.45, 7) is 7.38. The second kappa shape index (κ2) is 10.9. The highest BCUT2D eigenvalue weighted by Crippen LogP contribution is 2.51. The van der Waals surface area contributed by atoms with E-state index in [1.807, 2.05) is 6.92 Å². The number of ketones is 1. The van der Waals surface area contributed by atoms with Crippen molar-refractivity contribution in [2.45, 2.75) is 45.8 Å². The van der Waals surface area contributed by atoms with Gasteiger partial charge in [0.1, 0.15) is 24.3 Å². The SMILES string of the molecule is CNC[C@@H](O)COc1ccc(Cl)c(-c2nc(C(C(C)=O)=C(C)N)c(C)c(N3CC4(CC(OC)C4)C3)n2)c1. The second-order valence-corrected chi connectivity index (χ2v) is 10.7. The van der Waals surface area contributed by atoms with Gasteiger partial charge < -0.3 is 30.5 Å². The minimum Gasteiger partial charge on any atom is -0.491 e. The fourth-order valence-corrected chi connectivity index (χ4v) is 5.51. The Morgan fingerprint density at radius 1 is 1.32 bits per heavy atom. The summed E-state index contributed by atoms with van der Waals surface area (Å²) < 4.78 is 11.3. The molecule has 4 N–H and O–H groups in total. The number of allylic oxidation sites excluding steroid dienone is 2. The maximum Gasteiger partial charge on any atom is 0.163 e. The van der Waals surface area contributed by atoms with Crippen molar-refractivity contribution in [1.82, 2.24) is 15.3 Å². The van der Waals surface area contributed by atoms with Crippen molar-refractivity contribution >= 4 is 28.8 Å². The van der Waals surface area contributed by atoms with Crippen LogP contribution >= 0.6 is 11.6 Å². The predicted octanol–water partition coefficient (Wildman–Crippen LogP) is 2.96. The minimum absolute atomic E-state index is 0.120. The fourth-order valence-electron chi connectivity index (χ4n) is 5.30. The zero-order valence-electron chi connectivity index (χ0n) is 22.1. The number of Topliss-reactive ketones (excluding diaryl/α,β-unsaturated/α-hetero) is 1. The van der Waals surface area contributed by atoms with Crippen LogP contribution in [0.25, 0.3) is 17.0 Å². The van der Waals surface area contributed by atoms with Crippen LogP contribution in [0, 0.1) is 12.3 Å². The Labute approximate surface area is 223 Å². The predicted molar refractivity (Wildman–Crippen MR) is 145 cm³/mol. The number of hydrogen-bond donors (Lipinski definition) is 3. The Kier molecular flexibility index (Phi) is 8.08. The molecule has 1 spiro atoms. The third-order valence-electron chi connectivity index (χ3n) is 7.17. The summed E-state index contributed by atoms with van der Waals surface area (Å²) in [7, 11) is 3.52. The first-order valence-electron chi connectivity index (χ1n) is 12.5. The van der Waals surface area contributed by atoms with Crippen LogP contribution < -0.4 is 20.7 Å². The van der Waals surface area contributed by atoms with Gasteiger partial charge in [-0.3, -0.25) is 4.79 Å². The molecule has 2 aliphatic rings. The molecule has 4 rings (SSSR count). The lowest BCUT2D eigenvalue weighted by Crippen LogP contribution is -2.64. The van der Waals surface area contributed by atoms with E-state index < -0.39 is 6.10 Å². The molecular weight excluding hydrogens is 494 g/mol. The summed E-state index contributed by atoms with van der Waals surface area (Å²) in [5, 5.41) is 13.4. The van der Waals surface area contributed by atoms with E-state index in [4.69, 9.17) is 36.8 Å². The number of rotatable bonds is 10. The summed E-state index contributed by atoms with van der Waals surface area (Å²) >= 11 is 6.60. The molecule has 0 unspecified atom stereocenters. The van der Waals surface area contributed by atoms with E-state index in [1.54, 1.807) is 39.3 Å². The summed E-state index contributed by atoms with van der Waals surface area (Å²) in [4.78, 5) is 24.5. The smallest absolute Gasteiger partial charge is 0.163 e. The van der Waals surface area contributed by atoms with Crippen molar-refractivity contribution < 1.29 is 19.4 Å². The lowest BCUT2D eigenvalue weighted by molar-refractivity contribution is -0.111. The average molecular weight is 530 g/mol. The minimum atomic E-state index is -0.656. The van der Waals surface area contributed by atoms with Crippen molar-refractivity contribution in [2.24, 2.45) is 11.1 Å². The van der Waals surface area contributed by atoms with Crippen LogP contribution in [0.2, 0.25) is 5.02 Å². The van der Waals surface area contributed by atoms with Gasteiger partial charge in [0.25, 0.3) is 0 Å². The van der Waals surface area contributed by atoms with Gasteiger partial charge >= 0.3 is 0 Å². The number of aromatic nitrogens is 2. The highest BCUT2D eigenvalue weighted by molar-refractivity contribution is 6.33. The maximum atomic E-state index is 12.6. The summed E-state index contributed by atoms with van der Waals surface area (Å²) in [6.07, 6.45) is 1.74. The molecule has 1 aromatic heterocycles. The van der Waals surface area contributed by atoms with Gasteiger partial charge in [0.05, 0.1) is 22.4 Å². The molecule has 1 aromatic carbocycles. The van der Waals surface area contributed by atoms with Gasteiger partial charge in [0.15, 0.2) is 11.6 Å². The van der Waals surface area contributed by atoms with E-state index in [9.17, 15) is 9.90 Å². The van der Waals surface area contributed by atoms with Crippen LogP contribution in [0.15, 0.2) is 23.9 Å². The van der Waals surface area contributed by atoms with E-state index >= 15 is 0 Å². The molecule has 1 aliphatic carbocycles. The molecule has 37 heavy (non-hydrogen) atoms. The molecule has 0 bridgehead atoms. The van der Waals surface area contributed by atoms with E-state index in [0.717, 1.165) is 37.3 Å². The average Bonchev–Trinajstić information content (AvgIpc) is 2.78. The zero-order chi connectivity index (χ0) is 26.9. The molecule has 10 heteroatoms. The molecule has 9 nitrogen and oxygen atoms in total. The number of nitrogens with one attached hydrogen (secondary N) is 1. The first-order valence-corrected chi connectivity index (χ1v) is 12.8. The van der Waals surface area contributed by atoms with E-state index in [0.29, 0.717) is 51.8 Å². The quantitative estimate of drug-likeness (QED) is 0.398. The van der Waals surface area contributed by atoms with Crippen LogP contribution in [0.5, 0.6) is 5.75 Å². The van der Waals surface area contributed by atoms with Gasteiger partial charge in [-0.05, 0) is 58.9 Å². The number of benzene rings is 1. The highest BCUT2D eigenvalue weighted by Gasteiger charge is 2.53. The number of methoxy groups -OCH3 is 1. The Balaban J connectivity index is 1.73. The number of anilines is 1. The zero-order valence-corrected chi connectivity index (χ0v) is 22.9. The van der Waals surface area contributed by atoms with Crippen LogP contribution in [0.4, 0.5) is 5.82 Å². The third kappa shape index (κ3) is 5.60. The van der Waals surface area contributed by atoms with E-state index in [1.165, 1.54) is 6.92 Å². The van der Waals surface area contributed by atoms with Crippen LogP contribution in [0.3, 0.4) is 0 Å². The summed E-state index contributed by atoms with van der Waals surface area (Å²) in [6, 6.07) is 5.21. The largest absolute Gasteiger partial charge is 0.491 e. The molecule has 2 fully saturated rings. The lowest BCUT2D eigenvalue weighted by Gasteiger charge is -2.59. The molecule has 1 saturated heterocycles.